The van der Waals surface area contributed by atoms with Crippen LogP contribution in [-0.2, 0) is 6.54 Å². The van der Waals surface area contributed by atoms with Crippen LogP contribution in [0, 0.1) is 20.8 Å². The monoisotopic (exact) mass is 375 g/mol. The summed E-state index contributed by atoms with van der Waals surface area (Å²) in [5, 5.41) is 9.16. The van der Waals surface area contributed by atoms with Crippen molar-refractivity contribution in [2.75, 3.05) is 20.5 Å². The van der Waals surface area contributed by atoms with Crippen molar-refractivity contribution in [1.29, 1.82) is 0 Å². The lowest BCUT2D eigenvalue weighted by atomic mass is 10.2. The second-order valence-corrected chi connectivity index (χ2v) is 6.38. The van der Waals surface area contributed by atoms with Crippen LogP contribution in [0.4, 0.5) is 0 Å². The number of nitrogens with two attached hydrogens (primary N) is 1. The molecule has 7 nitrogen and oxygen atoms in total. The summed E-state index contributed by atoms with van der Waals surface area (Å²) < 4.78 is 12.2. The highest BCUT2D eigenvalue weighted by molar-refractivity contribution is 7.98. The van der Waals surface area contributed by atoms with Crippen LogP contribution in [0.2, 0.25) is 0 Å². The second-order valence-electron chi connectivity index (χ2n) is 5.61. The van der Waals surface area contributed by atoms with Crippen molar-refractivity contribution in [1.82, 2.24) is 19.6 Å². The van der Waals surface area contributed by atoms with Gasteiger partial charge in [-0.3, -0.25) is 4.40 Å². The molecular weight excluding hydrogens is 350 g/mol. The molecule has 0 aliphatic carbocycles. The van der Waals surface area contributed by atoms with Crippen LogP contribution in [0.25, 0.3) is 5.65 Å². The van der Waals surface area contributed by atoms with Gasteiger partial charge in [0.1, 0.15) is 5.82 Å². The lowest BCUT2D eigenvalue weighted by Crippen LogP contribution is -2.01. The van der Waals surface area contributed by atoms with Gasteiger partial charge in [-0.05, 0) is 44.7 Å². The first kappa shape index (κ1) is 20.0. The van der Waals surface area contributed by atoms with Crippen molar-refractivity contribution in [3.05, 3.63) is 40.8 Å². The van der Waals surface area contributed by atoms with Crippen LogP contribution in [-0.4, -0.2) is 40.1 Å². The molecule has 26 heavy (non-hydrogen) atoms. The van der Waals surface area contributed by atoms with Crippen molar-refractivity contribution < 1.29 is 9.47 Å². The first-order valence-electron chi connectivity index (χ1n) is 8.10. The molecule has 2 N–H and O–H groups in total. The predicted molar refractivity (Wildman–Crippen MR) is 104 cm³/mol. The summed E-state index contributed by atoms with van der Waals surface area (Å²) in [6.45, 7) is 6.48. The molecule has 0 saturated heterocycles. The van der Waals surface area contributed by atoms with Crippen molar-refractivity contribution in [2.45, 2.75) is 32.5 Å². The minimum Gasteiger partial charge on any atom is -0.493 e. The number of hydrogen-bond donors (Lipinski definition) is 1. The molecule has 0 atom stereocenters. The van der Waals surface area contributed by atoms with E-state index in [9.17, 15) is 0 Å². The lowest BCUT2D eigenvalue weighted by Gasteiger charge is -2.07. The highest BCUT2D eigenvalue weighted by atomic mass is 32.2. The molecule has 0 aliphatic rings. The van der Waals surface area contributed by atoms with Crippen molar-refractivity contribution in [3.63, 3.8) is 0 Å². The fraction of sp³-hybridized carbons (Fsp3) is 0.389. The molecule has 0 saturated carbocycles. The largest absolute Gasteiger partial charge is 0.493 e. The summed E-state index contributed by atoms with van der Waals surface area (Å²) in [5.74, 6) is 2.34. The van der Waals surface area contributed by atoms with E-state index < -0.39 is 0 Å². The number of rotatable bonds is 4. The number of thioether (sulfide) groups is 1. The predicted octanol–water partition coefficient (Wildman–Crippen LogP) is 2.93. The third-order valence-corrected chi connectivity index (χ3v) is 4.66. The molecule has 2 aromatic heterocycles. The molecule has 3 aromatic rings. The second kappa shape index (κ2) is 8.86. The zero-order valence-corrected chi connectivity index (χ0v) is 16.8. The number of nitrogens with zero attached hydrogens (tertiary/aromatic N) is 4. The fourth-order valence-electron chi connectivity index (χ4n) is 2.42. The van der Waals surface area contributed by atoms with Crippen molar-refractivity contribution in [2.24, 2.45) is 5.73 Å². The summed E-state index contributed by atoms with van der Waals surface area (Å²) in [6, 6.07) is 5.64. The van der Waals surface area contributed by atoms with Crippen LogP contribution in [0.15, 0.2) is 23.4 Å². The lowest BCUT2D eigenvalue weighted by molar-refractivity contribution is 0.354. The Balaban J connectivity index is 0.000000190. The molecule has 2 heterocycles. The molecule has 0 spiro atoms. The number of hydrogen-bond acceptors (Lipinski definition) is 7. The van der Waals surface area contributed by atoms with Crippen LogP contribution in [0.3, 0.4) is 0 Å². The highest BCUT2D eigenvalue weighted by Gasteiger charge is 2.11. The number of benzene rings is 1. The van der Waals surface area contributed by atoms with Crippen LogP contribution >= 0.6 is 11.8 Å². The topological polar surface area (TPSA) is 87.6 Å². The SMILES string of the molecule is COc1ccc(CN)cc1OC.CSc1nc(C)c(C)c2nnc(C)n12. The van der Waals surface area contributed by atoms with E-state index in [4.69, 9.17) is 15.2 Å². The normalized spacial score (nSPS) is 10.4. The van der Waals surface area contributed by atoms with Gasteiger partial charge in [-0.25, -0.2) is 4.98 Å². The number of aromatic nitrogens is 4. The Hall–Kier alpha value is -2.32. The zero-order chi connectivity index (χ0) is 19.3. The summed E-state index contributed by atoms with van der Waals surface area (Å²) in [4.78, 5) is 4.50. The van der Waals surface area contributed by atoms with E-state index in [0.717, 1.165) is 44.9 Å². The van der Waals surface area contributed by atoms with Gasteiger partial charge >= 0.3 is 0 Å². The molecule has 1 aromatic carbocycles. The van der Waals surface area contributed by atoms with Crippen molar-refractivity contribution in [3.8, 4) is 11.5 Å². The van der Waals surface area contributed by atoms with Crippen LogP contribution < -0.4 is 15.2 Å². The summed E-state index contributed by atoms with van der Waals surface area (Å²) in [7, 11) is 3.22. The Morgan fingerprint density at radius 2 is 1.77 bits per heavy atom. The van der Waals surface area contributed by atoms with E-state index in [-0.39, 0.29) is 0 Å². The van der Waals surface area contributed by atoms with Crippen molar-refractivity contribution >= 4 is 17.4 Å². The smallest absolute Gasteiger partial charge is 0.175 e. The first-order valence-corrected chi connectivity index (χ1v) is 9.33. The zero-order valence-electron chi connectivity index (χ0n) is 16.0. The van der Waals surface area contributed by atoms with Gasteiger partial charge in [0.25, 0.3) is 0 Å². The minimum absolute atomic E-state index is 0.514. The van der Waals surface area contributed by atoms with Gasteiger partial charge in [-0.15, -0.1) is 10.2 Å². The maximum absolute atomic E-state index is 5.47. The van der Waals surface area contributed by atoms with Gasteiger partial charge in [-0.2, -0.15) is 0 Å². The highest BCUT2D eigenvalue weighted by Crippen LogP contribution is 2.27. The summed E-state index contributed by atoms with van der Waals surface area (Å²) in [6.07, 6.45) is 2.01. The molecule has 0 bridgehead atoms. The molecular formula is C18H25N5O2S. The van der Waals surface area contributed by atoms with E-state index in [2.05, 4.69) is 15.2 Å². The molecule has 140 valence electrons. The Morgan fingerprint density at radius 3 is 2.35 bits per heavy atom. The maximum atomic E-state index is 5.47. The van der Waals surface area contributed by atoms with Gasteiger partial charge in [0.2, 0.25) is 0 Å². The molecule has 3 rings (SSSR count). The molecule has 0 amide bonds. The van der Waals surface area contributed by atoms with Crippen LogP contribution in [0.1, 0.15) is 22.6 Å². The van der Waals surface area contributed by atoms with Gasteiger partial charge in [0.15, 0.2) is 22.3 Å². The summed E-state index contributed by atoms with van der Waals surface area (Å²) >= 11 is 1.61. The van der Waals surface area contributed by atoms with Gasteiger partial charge in [0, 0.05) is 17.8 Å². The average Bonchev–Trinajstić information content (AvgIpc) is 3.06. The Labute approximate surface area is 157 Å². The summed E-state index contributed by atoms with van der Waals surface area (Å²) in [5.41, 5.74) is 9.54. The molecule has 0 aliphatic heterocycles. The Kier molecular flexibility index (Phi) is 6.82. The Morgan fingerprint density at radius 1 is 1.08 bits per heavy atom. The van der Waals surface area contributed by atoms with Gasteiger partial charge < -0.3 is 15.2 Å². The fourth-order valence-corrected chi connectivity index (χ4v) is 3.05. The Bertz CT molecular complexity index is 895. The number of fused-ring (bicyclic) bond motifs is 1. The van der Waals surface area contributed by atoms with Crippen LogP contribution in [0.5, 0.6) is 11.5 Å². The standard InChI is InChI=1S/C9H12N4S.C9H13NO2/c1-5-6(2)10-9(14-4)13-7(3)11-12-8(5)13;1-11-8-4-3-7(6-10)5-9(8)12-2/h1-4H3;3-5H,6,10H2,1-2H3. The number of aryl methyl sites for hydroxylation is 3. The third-order valence-electron chi connectivity index (χ3n) is 4.02. The third kappa shape index (κ3) is 4.08. The first-order chi connectivity index (χ1) is 12.5. The molecule has 8 heteroatoms. The number of ether oxygens (including phenoxy) is 2. The molecule has 0 radical (unpaired) electrons. The maximum Gasteiger partial charge on any atom is 0.175 e. The number of methoxy groups -OCH3 is 2. The molecule has 0 fully saturated rings. The van der Waals surface area contributed by atoms with E-state index in [1.807, 2.05) is 49.6 Å². The minimum atomic E-state index is 0.514. The quantitative estimate of drug-likeness (QED) is 0.554. The van der Waals surface area contributed by atoms with E-state index in [0.29, 0.717) is 6.54 Å². The molecule has 0 unspecified atom stereocenters. The average molecular weight is 375 g/mol. The van der Waals surface area contributed by atoms with Gasteiger partial charge in [-0.1, -0.05) is 17.8 Å². The van der Waals surface area contributed by atoms with E-state index >= 15 is 0 Å². The van der Waals surface area contributed by atoms with Gasteiger partial charge in [0.05, 0.1) is 14.2 Å². The van der Waals surface area contributed by atoms with E-state index in [1.165, 1.54) is 0 Å². The van der Waals surface area contributed by atoms with E-state index in [1.54, 1.807) is 26.0 Å².